The van der Waals surface area contributed by atoms with E-state index in [1.807, 2.05) is 31.2 Å². The minimum atomic E-state index is -1.25. The molecule has 1 unspecified atom stereocenters. The number of phenols is 1. The van der Waals surface area contributed by atoms with Crippen LogP contribution >= 0.6 is 0 Å². The lowest BCUT2D eigenvalue weighted by Crippen LogP contribution is -2.49. The van der Waals surface area contributed by atoms with Crippen LogP contribution in [0, 0.1) is 17.3 Å². The van der Waals surface area contributed by atoms with Gasteiger partial charge < -0.3 is 20.8 Å². The number of carbonyl (C=O) groups is 2. The van der Waals surface area contributed by atoms with E-state index in [9.17, 15) is 19.8 Å². The molecule has 0 heterocycles. The number of ketones is 1. The van der Waals surface area contributed by atoms with E-state index in [1.54, 1.807) is 19.9 Å². The van der Waals surface area contributed by atoms with Gasteiger partial charge in [0.25, 0.3) is 5.91 Å². The molecule has 2 aromatic rings. The number of benzene rings is 2. The Kier molecular flexibility index (Phi) is 8.70. The SMILES string of the molecule is C=C(C)c1cccc(-c2ccc(O)c3c2CC2C[C@H]4CC(C)=C(C(N)=O)C(=O)[C@@]4(C)C(O)=C2C3=C)c1.CCCN(C)C. The average molecular weight is 569 g/mol. The van der Waals surface area contributed by atoms with E-state index in [0.717, 1.165) is 27.8 Å². The quantitative estimate of drug-likeness (QED) is 0.342. The number of hydrogen-bond donors (Lipinski definition) is 3. The molecule has 0 saturated carbocycles. The van der Waals surface area contributed by atoms with Gasteiger partial charge in [-0.15, -0.1) is 0 Å². The number of nitrogens with two attached hydrogens (primary N) is 1. The molecule has 3 aliphatic carbocycles. The van der Waals surface area contributed by atoms with Crippen LogP contribution in [0.1, 0.15) is 63.6 Å². The Morgan fingerprint density at radius 1 is 1.17 bits per heavy atom. The average Bonchev–Trinajstić information content (AvgIpc) is 2.91. The van der Waals surface area contributed by atoms with E-state index in [1.165, 1.54) is 13.0 Å². The van der Waals surface area contributed by atoms with Crippen LogP contribution in [0.5, 0.6) is 5.75 Å². The predicted molar refractivity (Wildman–Crippen MR) is 171 cm³/mol. The summed E-state index contributed by atoms with van der Waals surface area (Å²) >= 11 is 0. The molecule has 1 amide bonds. The minimum absolute atomic E-state index is 0.0105. The van der Waals surface area contributed by atoms with Crippen molar-refractivity contribution in [3.8, 4) is 16.9 Å². The molecule has 0 radical (unpaired) electrons. The van der Waals surface area contributed by atoms with Gasteiger partial charge in [0.2, 0.25) is 0 Å². The monoisotopic (exact) mass is 568 g/mol. The number of hydrogen-bond acceptors (Lipinski definition) is 5. The predicted octanol–water partition coefficient (Wildman–Crippen LogP) is 6.85. The van der Waals surface area contributed by atoms with Gasteiger partial charge in [-0.3, -0.25) is 9.59 Å². The number of primary amides is 1. The van der Waals surface area contributed by atoms with Crippen molar-refractivity contribution >= 4 is 22.8 Å². The van der Waals surface area contributed by atoms with Crippen molar-refractivity contribution in [1.29, 1.82) is 0 Å². The number of Topliss-reactive ketones (excluding diaryl/α,β-unsaturated/α-hetero) is 1. The van der Waals surface area contributed by atoms with Gasteiger partial charge in [-0.25, -0.2) is 0 Å². The maximum atomic E-state index is 13.5. The topological polar surface area (TPSA) is 104 Å². The molecule has 0 spiro atoms. The smallest absolute Gasteiger partial charge is 0.252 e. The fourth-order valence-electron chi connectivity index (χ4n) is 7.00. The second kappa shape index (κ2) is 11.8. The normalized spacial score (nSPS) is 23.1. The molecular weight excluding hydrogens is 524 g/mol. The van der Waals surface area contributed by atoms with Crippen LogP contribution < -0.4 is 5.73 Å². The molecule has 0 aliphatic heterocycles. The zero-order chi connectivity index (χ0) is 31.1. The molecule has 6 nitrogen and oxygen atoms in total. The molecule has 42 heavy (non-hydrogen) atoms. The molecule has 0 bridgehead atoms. The summed E-state index contributed by atoms with van der Waals surface area (Å²) in [4.78, 5) is 27.8. The first-order valence-electron chi connectivity index (χ1n) is 14.7. The Morgan fingerprint density at radius 2 is 1.86 bits per heavy atom. The summed E-state index contributed by atoms with van der Waals surface area (Å²) in [6.07, 6.45) is 3.03. The number of amides is 1. The van der Waals surface area contributed by atoms with E-state index < -0.39 is 17.1 Å². The van der Waals surface area contributed by atoms with Gasteiger partial charge in [0, 0.05) is 11.1 Å². The Bertz CT molecular complexity index is 1540. The summed E-state index contributed by atoms with van der Waals surface area (Å²) < 4.78 is 0. The molecule has 5 rings (SSSR count). The third-order valence-electron chi connectivity index (χ3n) is 9.17. The van der Waals surface area contributed by atoms with E-state index >= 15 is 0 Å². The van der Waals surface area contributed by atoms with Crippen molar-refractivity contribution in [2.45, 2.75) is 53.4 Å². The lowest BCUT2D eigenvalue weighted by atomic mass is 9.54. The number of phenolic OH excluding ortho intramolecular Hbond substituents is 1. The molecule has 0 fully saturated rings. The van der Waals surface area contributed by atoms with Crippen LogP contribution in [0.15, 0.2) is 72.0 Å². The lowest BCUT2D eigenvalue weighted by Gasteiger charge is -2.48. The van der Waals surface area contributed by atoms with Gasteiger partial charge >= 0.3 is 0 Å². The first-order chi connectivity index (χ1) is 19.7. The number of aliphatic hydroxyl groups is 1. The van der Waals surface area contributed by atoms with Crippen molar-refractivity contribution in [1.82, 2.24) is 4.90 Å². The van der Waals surface area contributed by atoms with Crippen LogP contribution in [-0.4, -0.2) is 47.4 Å². The maximum absolute atomic E-state index is 13.5. The Morgan fingerprint density at radius 3 is 2.43 bits per heavy atom. The van der Waals surface area contributed by atoms with Crippen molar-refractivity contribution in [3.05, 3.63) is 88.7 Å². The Balaban J connectivity index is 0.000000612. The summed E-state index contributed by atoms with van der Waals surface area (Å²) in [6, 6.07) is 11.7. The van der Waals surface area contributed by atoms with Crippen LogP contribution in [0.2, 0.25) is 0 Å². The standard InChI is InChI=1S/C31H31NO4.C5H13N/c1-15(2)18-7-6-8-19(12-18)22-9-10-24(33)27-17(4)26-20(14-23(22)27)13-21-11-16(3)25(30(32)36)28(34)31(21,5)29(26)35;1-4-5-6(2)3/h6-10,12,20-21,33,35H,1,4,11,13-14H2,2-3,5H3,(H2,32,36);4-5H2,1-3H3/t20?,21-,31+;/m1./s1. The lowest BCUT2D eigenvalue weighted by molar-refractivity contribution is -0.131. The van der Waals surface area contributed by atoms with Crippen molar-refractivity contribution in [2.75, 3.05) is 20.6 Å². The highest BCUT2D eigenvalue weighted by Gasteiger charge is 2.56. The highest BCUT2D eigenvalue weighted by molar-refractivity contribution is 6.22. The van der Waals surface area contributed by atoms with Crippen LogP contribution in [0.25, 0.3) is 22.3 Å². The van der Waals surface area contributed by atoms with Crippen LogP contribution in [0.4, 0.5) is 0 Å². The Labute approximate surface area is 249 Å². The van der Waals surface area contributed by atoms with Crippen LogP contribution in [-0.2, 0) is 16.0 Å². The van der Waals surface area contributed by atoms with E-state index in [2.05, 4.69) is 45.1 Å². The maximum Gasteiger partial charge on any atom is 0.252 e. The second-order valence-corrected chi connectivity index (χ2v) is 12.5. The molecule has 2 aromatic carbocycles. The number of fused-ring (bicyclic) bond motifs is 3. The summed E-state index contributed by atoms with van der Waals surface area (Å²) in [5.74, 6) is -1.38. The fourth-order valence-corrected chi connectivity index (χ4v) is 7.00. The van der Waals surface area contributed by atoms with Crippen molar-refractivity contribution in [3.63, 3.8) is 0 Å². The highest BCUT2D eigenvalue weighted by Crippen LogP contribution is 2.58. The van der Waals surface area contributed by atoms with Gasteiger partial charge in [0.05, 0.1) is 11.0 Å². The van der Waals surface area contributed by atoms with E-state index in [4.69, 9.17) is 5.73 Å². The zero-order valence-corrected chi connectivity index (χ0v) is 25.8. The zero-order valence-electron chi connectivity index (χ0n) is 25.8. The van der Waals surface area contributed by atoms with Gasteiger partial charge in [-0.2, -0.15) is 0 Å². The first-order valence-corrected chi connectivity index (χ1v) is 14.7. The van der Waals surface area contributed by atoms with Gasteiger partial charge in [0.1, 0.15) is 11.5 Å². The van der Waals surface area contributed by atoms with E-state index in [0.29, 0.717) is 41.5 Å². The minimum Gasteiger partial charge on any atom is -0.511 e. The first kappa shape index (κ1) is 31.0. The molecule has 3 aliphatic rings. The molecular formula is C36H44N2O4. The third-order valence-corrected chi connectivity index (χ3v) is 9.17. The molecule has 0 aromatic heterocycles. The fraction of sp³-hybridized carbons (Fsp3) is 0.389. The number of aromatic hydroxyl groups is 1. The van der Waals surface area contributed by atoms with Crippen LogP contribution in [0.3, 0.4) is 0 Å². The molecule has 222 valence electrons. The summed E-state index contributed by atoms with van der Waals surface area (Å²) in [5.41, 5.74) is 11.7. The van der Waals surface area contributed by atoms with Gasteiger partial charge in [-0.1, -0.05) is 55.5 Å². The summed E-state index contributed by atoms with van der Waals surface area (Å²) in [5, 5.41) is 22.5. The summed E-state index contributed by atoms with van der Waals surface area (Å²) in [7, 11) is 4.17. The summed E-state index contributed by atoms with van der Waals surface area (Å²) in [6.45, 7) is 17.2. The molecule has 6 heteroatoms. The van der Waals surface area contributed by atoms with Crippen molar-refractivity contribution < 1.29 is 19.8 Å². The highest BCUT2D eigenvalue weighted by atomic mass is 16.3. The third kappa shape index (κ3) is 5.24. The molecule has 4 N–H and O–H groups in total. The second-order valence-electron chi connectivity index (χ2n) is 12.5. The van der Waals surface area contributed by atoms with E-state index in [-0.39, 0.29) is 28.9 Å². The number of rotatable bonds is 5. The number of allylic oxidation sites excluding steroid dienone is 5. The molecule has 3 atom stereocenters. The number of carbonyl (C=O) groups excluding carboxylic acids is 2. The van der Waals surface area contributed by atoms with Crippen molar-refractivity contribution in [2.24, 2.45) is 23.0 Å². The van der Waals surface area contributed by atoms with Gasteiger partial charge in [-0.05, 0) is 119 Å². The number of aliphatic hydroxyl groups excluding tert-OH is 1. The number of nitrogens with zero attached hydrogens (tertiary/aromatic N) is 1. The molecule has 0 saturated heterocycles. The Hall–Kier alpha value is -3.90. The largest absolute Gasteiger partial charge is 0.511 e. The van der Waals surface area contributed by atoms with Gasteiger partial charge in [0.15, 0.2) is 5.78 Å².